The van der Waals surface area contributed by atoms with Crippen LogP contribution in [0.3, 0.4) is 0 Å². The van der Waals surface area contributed by atoms with Gasteiger partial charge in [-0.05, 0) is 28.8 Å². The minimum absolute atomic E-state index is 0.554. The van der Waals surface area contributed by atoms with Crippen molar-refractivity contribution in [3.63, 3.8) is 0 Å². The highest BCUT2D eigenvalue weighted by Gasteiger charge is 2.15. The molecule has 3 rings (SSSR count). The molecule has 17 heavy (non-hydrogen) atoms. The Morgan fingerprint density at radius 2 is 2.06 bits per heavy atom. The first-order chi connectivity index (χ1) is 8.34. The summed E-state index contributed by atoms with van der Waals surface area (Å²) in [5.74, 6) is 0.894. The van der Waals surface area contributed by atoms with E-state index in [9.17, 15) is 0 Å². The standard InChI is InChI=1S/C12H15BrN4/c13-10-8-15-11(12-14-6-7-17(10)12)16-9-4-2-1-3-5-9/h6-9H,1-5H2,(H,15,16). The smallest absolute Gasteiger partial charge is 0.180 e. The first-order valence-corrected chi connectivity index (χ1v) is 6.88. The number of halogens is 1. The summed E-state index contributed by atoms with van der Waals surface area (Å²) >= 11 is 3.47. The molecular formula is C12H15BrN4. The summed E-state index contributed by atoms with van der Waals surface area (Å²) in [7, 11) is 0. The van der Waals surface area contributed by atoms with Crippen LogP contribution in [0.4, 0.5) is 5.82 Å². The number of aromatic nitrogens is 3. The summed E-state index contributed by atoms with van der Waals surface area (Å²) in [6, 6.07) is 0.554. The predicted molar refractivity (Wildman–Crippen MR) is 71.2 cm³/mol. The highest BCUT2D eigenvalue weighted by atomic mass is 79.9. The quantitative estimate of drug-likeness (QED) is 0.925. The van der Waals surface area contributed by atoms with Crippen LogP contribution in [-0.4, -0.2) is 20.4 Å². The zero-order chi connectivity index (χ0) is 11.7. The Balaban J connectivity index is 1.89. The molecule has 0 aliphatic heterocycles. The molecule has 1 N–H and O–H groups in total. The number of anilines is 1. The molecule has 5 heteroatoms. The van der Waals surface area contributed by atoms with E-state index in [0.29, 0.717) is 6.04 Å². The van der Waals surface area contributed by atoms with Crippen molar-refractivity contribution in [3.8, 4) is 0 Å². The Morgan fingerprint density at radius 3 is 2.88 bits per heavy atom. The average Bonchev–Trinajstić information content (AvgIpc) is 2.84. The van der Waals surface area contributed by atoms with Gasteiger partial charge in [-0.3, -0.25) is 4.40 Å². The summed E-state index contributed by atoms with van der Waals surface area (Å²) in [4.78, 5) is 8.78. The van der Waals surface area contributed by atoms with Crippen molar-refractivity contribution in [2.45, 2.75) is 38.1 Å². The third-order valence-electron chi connectivity index (χ3n) is 3.33. The van der Waals surface area contributed by atoms with Gasteiger partial charge in [0.2, 0.25) is 0 Å². The second-order valence-corrected chi connectivity index (χ2v) is 5.34. The SMILES string of the molecule is Brc1cnc(NC2CCCCC2)c2nccn12. The Hall–Kier alpha value is -1.10. The van der Waals surface area contributed by atoms with Crippen LogP contribution in [0.1, 0.15) is 32.1 Å². The molecule has 4 nitrogen and oxygen atoms in total. The Morgan fingerprint density at radius 1 is 1.24 bits per heavy atom. The van der Waals surface area contributed by atoms with Crippen molar-refractivity contribution in [1.82, 2.24) is 14.4 Å². The topological polar surface area (TPSA) is 42.2 Å². The molecule has 2 aromatic rings. The van der Waals surface area contributed by atoms with E-state index in [1.54, 1.807) is 6.20 Å². The van der Waals surface area contributed by atoms with E-state index in [2.05, 4.69) is 31.2 Å². The Bertz CT molecular complexity index is 516. The molecule has 2 heterocycles. The van der Waals surface area contributed by atoms with Crippen LogP contribution in [0, 0.1) is 0 Å². The molecule has 1 fully saturated rings. The number of imidazole rings is 1. The summed E-state index contributed by atoms with van der Waals surface area (Å²) in [5, 5.41) is 3.52. The number of fused-ring (bicyclic) bond motifs is 1. The van der Waals surface area contributed by atoms with Crippen LogP contribution in [-0.2, 0) is 0 Å². The molecule has 1 aliphatic carbocycles. The fraction of sp³-hybridized carbons (Fsp3) is 0.500. The number of hydrogen-bond acceptors (Lipinski definition) is 3. The minimum atomic E-state index is 0.554. The molecule has 1 aliphatic rings. The highest BCUT2D eigenvalue weighted by Crippen LogP contribution is 2.23. The van der Waals surface area contributed by atoms with E-state index in [-0.39, 0.29) is 0 Å². The molecule has 0 radical (unpaired) electrons. The summed E-state index contributed by atoms with van der Waals surface area (Å²) < 4.78 is 2.93. The van der Waals surface area contributed by atoms with Gasteiger partial charge in [0.15, 0.2) is 11.5 Å². The maximum atomic E-state index is 4.43. The van der Waals surface area contributed by atoms with Crippen LogP contribution in [0.15, 0.2) is 23.2 Å². The van der Waals surface area contributed by atoms with Crippen molar-refractivity contribution in [1.29, 1.82) is 0 Å². The van der Waals surface area contributed by atoms with Crippen molar-refractivity contribution < 1.29 is 0 Å². The summed E-state index contributed by atoms with van der Waals surface area (Å²) in [6.07, 6.45) is 12.0. The molecule has 1 saturated carbocycles. The van der Waals surface area contributed by atoms with Crippen LogP contribution in [0.2, 0.25) is 0 Å². The van der Waals surface area contributed by atoms with Crippen molar-refractivity contribution >= 4 is 27.4 Å². The van der Waals surface area contributed by atoms with E-state index in [4.69, 9.17) is 0 Å². The Kier molecular flexibility index (Phi) is 3.01. The normalized spacial score (nSPS) is 17.5. The van der Waals surface area contributed by atoms with E-state index in [1.165, 1.54) is 32.1 Å². The monoisotopic (exact) mass is 294 g/mol. The predicted octanol–water partition coefficient (Wildman–Crippen LogP) is 3.24. The third-order valence-corrected chi connectivity index (χ3v) is 3.92. The van der Waals surface area contributed by atoms with E-state index < -0.39 is 0 Å². The molecular weight excluding hydrogens is 280 g/mol. The largest absolute Gasteiger partial charge is 0.364 e. The molecule has 0 aromatic carbocycles. The van der Waals surface area contributed by atoms with Gasteiger partial charge in [0.25, 0.3) is 0 Å². The fourth-order valence-electron chi connectivity index (χ4n) is 2.43. The van der Waals surface area contributed by atoms with E-state index in [1.807, 2.05) is 16.8 Å². The lowest BCUT2D eigenvalue weighted by Gasteiger charge is -2.23. The number of hydrogen-bond donors (Lipinski definition) is 1. The highest BCUT2D eigenvalue weighted by molar-refractivity contribution is 9.10. The maximum absolute atomic E-state index is 4.43. The van der Waals surface area contributed by atoms with Crippen LogP contribution in [0.5, 0.6) is 0 Å². The van der Waals surface area contributed by atoms with Crippen molar-refractivity contribution in [2.24, 2.45) is 0 Å². The molecule has 0 saturated heterocycles. The van der Waals surface area contributed by atoms with Gasteiger partial charge in [0.05, 0.1) is 6.20 Å². The van der Waals surface area contributed by atoms with Gasteiger partial charge in [-0.2, -0.15) is 0 Å². The average molecular weight is 295 g/mol. The van der Waals surface area contributed by atoms with E-state index >= 15 is 0 Å². The van der Waals surface area contributed by atoms with Gasteiger partial charge in [-0.15, -0.1) is 0 Å². The molecule has 90 valence electrons. The molecule has 0 amide bonds. The lowest BCUT2D eigenvalue weighted by molar-refractivity contribution is 0.462. The minimum Gasteiger partial charge on any atom is -0.364 e. The van der Waals surface area contributed by atoms with Gasteiger partial charge in [0, 0.05) is 18.4 Å². The lowest BCUT2D eigenvalue weighted by Crippen LogP contribution is -2.23. The van der Waals surface area contributed by atoms with Crippen molar-refractivity contribution in [3.05, 3.63) is 23.2 Å². The van der Waals surface area contributed by atoms with Gasteiger partial charge < -0.3 is 5.32 Å². The van der Waals surface area contributed by atoms with Gasteiger partial charge in [0.1, 0.15) is 4.60 Å². The fourth-order valence-corrected chi connectivity index (χ4v) is 2.82. The van der Waals surface area contributed by atoms with Crippen LogP contribution >= 0.6 is 15.9 Å². The lowest BCUT2D eigenvalue weighted by atomic mass is 9.95. The van der Waals surface area contributed by atoms with E-state index in [0.717, 1.165) is 16.1 Å². The van der Waals surface area contributed by atoms with Crippen LogP contribution < -0.4 is 5.32 Å². The first-order valence-electron chi connectivity index (χ1n) is 6.09. The molecule has 0 atom stereocenters. The number of rotatable bonds is 2. The van der Waals surface area contributed by atoms with Crippen molar-refractivity contribution in [2.75, 3.05) is 5.32 Å². The second kappa shape index (κ2) is 4.64. The molecule has 0 bridgehead atoms. The summed E-state index contributed by atoms with van der Waals surface area (Å²) in [6.45, 7) is 0. The zero-order valence-corrected chi connectivity index (χ0v) is 11.2. The first kappa shape index (κ1) is 11.0. The molecule has 0 unspecified atom stereocenters. The Labute approximate surface area is 109 Å². The number of nitrogens with zero attached hydrogens (tertiary/aromatic N) is 3. The second-order valence-electron chi connectivity index (χ2n) is 4.53. The number of nitrogens with one attached hydrogen (secondary N) is 1. The third kappa shape index (κ3) is 2.16. The van der Waals surface area contributed by atoms with Gasteiger partial charge >= 0.3 is 0 Å². The zero-order valence-electron chi connectivity index (χ0n) is 9.56. The molecule has 2 aromatic heterocycles. The molecule has 0 spiro atoms. The summed E-state index contributed by atoms with van der Waals surface area (Å²) in [5.41, 5.74) is 0.893. The van der Waals surface area contributed by atoms with Gasteiger partial charge in [-0.25, -0.2) is 9.97 Å². The van der Waals surface area contributed by atoms with Gasteiger partial charge in [-0.1, -0.05) is 19.3 Å². The maximum Gasteiger partial charge on any atom is 0.180 e. The van der Waals surface area contributed by atoms with Crippen LogP contribution in [0.25, 0.3) is 5.65 Å².